The molecule has 1 aromatic heterocycles. The van der Waals surface area contributed by atoms with E-state index < -0.39 is 6.16 Å². The van der Waals surface area contributed by atoms with E-state index in [9.17, 15) is 5.11 Å². The summed E-state index contributed by atoms with van der Waals surface area (Å²) in [5, 5.41) is 30.0. The van der Waals surface area contributed by atoms with Gasteiger partial charge in [0.2, 0.25) is 11.8 Å². The lowest BCUT2D eigenvalue weighted by molar-refractivity contribution is 0.137. The Labute approximate surface area is 192 Å². The summed E-state index contributed by atoms with van der Waals surface area (Å²) in [4.78, 5) is 18.6. The number of nitrogens with two attached hydrogens (primary N) is 3. The molecule has 184 valence electrons. The van der Waals surface area contributed by atoms with Crippen molar-refractivity contribution in [1.82, 2.24) is 14.9 Å². The number of aromatic nitrogens is 2. The summed E-state index contributed by atoms with van der Waals surface area (Å²) < 4.78 is 11.2. The molecule has 2 rings (SSSR count). The molecule has 0 aliphatic heterocycles. The lowest BCUT2D eigenvalue weighted by Crippen LogP contribution is -2.20. The van der Waals surface area contributed by atoms with Crippen LogP contribution in [0, 0.1) is 12.3 Å². The maximum Gasteiger partial charge on any atom is 0.503 e. The van der Waals surface area contributed by atoms with Crippen molar-refractivity contribution in [3.8, 4) is 17.4 Å². The van der Waals surface area contributed by atoms with Crippen LogP contribution in [0.3, 0.4) is 0 Å². The quantitative estimate of drug-likeness (QED) is 0.164. The third kappa shape index (κ3) is 13.1. The number of benzene rings is 1. The molecule has 33 heavy (non-hydrogen) atoms. The summed E-state index contributed by atoms with van der Waals surface area (Å²) in [7, 11) is 5.69. The van der Waals surface area contributed by atoms with Crippen LogP contribution in [0.4, 0.5) is 10.7 Å². The van der Waals surface area contributed by atoms with Gasteiger partial charge in [-0.2, -0.15) is 4.98 Å². The Morgan fingerprint density at radius 1 is 1.21 bits per heavy atom. The summed E-state index contributed by atoms with van der Waals surface area (Å²) in [5.41, 5.74) is 16.7. The first-order valence-electron chi connectivity index (χ1n) is 9.65. The van der Waals surface area contributed by atoms with Crippen LogP contribution >= 0.6 is 0 Å². The number of nitrogens with zero attached hydrogens (tertiary/aromatic N) is 3. The smallest absolute Gasteiger partial charge is 0.496 e. The van der Waals surface area contributed by atoms with Crippen LogP contribution in [-0.2, 0) is 6.42 Å². The molecule has 0 atom stereocenters. The Morgan fingerprint density at radius 3 is 2.27 bits per heavy atom. The first-order chi connectivity index (χ1) is 15.4. The van der Waals surface area contributed by atoms with E-state index >= 15 is 0 Å². The second kappa shape index (κ2) is 14.9. The first kappa shape index (κ1) is 29.0. The normalized spacial score (nSPS) is 9.73. The zero-order valence-corrected chi connectivity index (χ0v) is 19.2. The van der Waals surface area contributed by atoms with E-state index in [0.717, 1.165) is 24.3 Å². The van der Waals surface area contributed by atoms with E-state index in [-0.39, 0.29) is 17.8 Å². The van der Waals surface area contributed by atoms with E-state index in [2.05, 4.69) is 26.3 Å². The molecule has 0 unspecified atom stereocenters. The number of rotatable bonds is 8. The number of aryl methyl sites for hydroxylation is 1. The summed E-state index contributed by atoms with van der Waals surface area (Å²) in [6.07, 6.45) is -0.436. The van der Waals surface area contributed by atoms with Crippen LogP contribution in [0.15, 0.2) is 18.2 Å². The molecule has 0 bridgehead atoms. The van der Waals surface area contributed by atoms with Gasteiger partial charge in [0.05, 0.1) is 19.4 Å². The van der Waals surface area contributed by atoms with Gasteiger partial charge in [0.15, 0.2) is 5.96 Å². The van der Waals surface area contributed by atoms with Gasteiger partial charge in [0.25, 0.3) is 0 Å². The van der Waals surface area contributed by atoms with Crippen molar-refractivity contribution in [1.29, 1.82) is 5.41 Å². The van der Waals surface area contributed by atoms with Crippen molar-refractivity contribution in [2.75, 3.05) is 40.1 Å². The molecule has 0 saturated heterocycles. The number of methoxy groups -OCH3 is 1. The largest absolute Gasteiger partial charge is 0.503 e. The van der Waals surface area contributed by atoms with Crippen LogP contribution in [0.1, 0.15) is 23.2 Å². The minimum Gasteiger partial charge on any atom is -0.496 e. The molecule has 0 spiro atoms. The molecule has 0 aliphatic carbocycles. The minimum absolute atomic E-state index is 0.0622. The minimum atomic E-state index is -1.83. The first-order valence-corrected chi connectivity index (χ1v) is 9.65. The van der Waals surface area contributed by atoms with Crippen molar-refractivity contribution in [2.45, 2.75) is 19.8 Å². The van der Waals surface area contributed by atoms with Gasteiger partial charge in [-0.15, -0.1) is 0 Å². The van der Waals surface area contributed by atoms with Gasteiger partial charge in [-0.05, 0) is 39.1 Å². The van der Waals surface area contributed by atoms with Crippen molar-refractivity contribution >= 4 is 18.1 Å². The number of nitrogen functional groups attached to an aromatic ring is 1. The molecule has 0 radical (unpaired) electrons. The molecule has 0 amide bonds. The van der Waals surface area contributed by atoms with Gasteiger partial charge in [-0.1, -0.05) is 6.07 Å². The Morgan fingerprint density at radius 2 is 1.79 bits per heavy atom. The maximum absolute atomic E-state index is 10.0. The van der Waals surface area contributed by atoms with Gasteiger partial charge in [-0.25, -0.2) is 9.78 Å². The molecule has 0 aliphatic rings. The molecule has 13 nitrogen and oxygen atoms in total. The van der Waals surface area contributed by atoms with Crippen LogP contribution in [-0.4, -0.2) is 76.7 Å². The second-order valence-corrected chi connectivity index (χ2v) is 6.86. The summed E-state index contributed by atoms with van der Waals surface area (Å²) in [6.45, 7) is 3.42. The van der Waals surface area contributed by atoms with E-state index in [1.165, 1.54) is 0 Å². The average molecular weight is 468 g/mol. The average Bonchev–Trinajstić information content (AvgIpc) is 2.67. The molecule has 0 fully saturated rings. The van der Waals surface area contributed by atoms with E-state index in [4.69, 9.17) is 35.6 Å². The van der Waals surface area contributed by atoms with Gasteiger partial charge >= 0.3 is 6.16 Å². The Kier molecular flexibility index (Phi) is 13.1. The zero-order chi connectivity index (χ0) is 25.6. The lowest BCUT2D eigenvalue weighted by Gasteiger charge is -2.14. The predicted octanol–water partition coefficient (Wildman–Crippen LogP) is 1.06. The number of carbonyl (C=O) groups is 1. The van der Waals surface area contributed by atoms with Crippen LogP contribution in [0.2, 0.25) is 0 Å². The standard InChI is InChI=1S/C18H26N4O3.CH5N3.CH2O3/c1-12-15(17(23)21-18(19)20-12)10-13-6-7-14(11-16(13)24-4)25-9-5-8-22(2)3;2*2-1(3)4/h6-7,11H,5,8-10H2,1-4H3,(H3,19,20,21,23);(H5,2,3,4);(H2,2,3,4). The van der Waals surface area contributed by atoms with Gasteiger partial charge in [0.1, 0.15) is 11.5 Å². The van der Waals surface area contributed by atoms with Gasteiger partial charge < -0.3 is 46.9 Å². The molecule has 0 saturated carbocycles. The molecule has 1 aromatic carbocycles. The SMILES string of the molecule is COc1cc(OCCCN(C)C)ccc1Cc1c(C)nc(N)nc1O.N=C(N)N.O=C(O)O. The van der Waals surface area contributed by atoms with Gasteiger partial charge in [-0.3, -0.25) is 5.41 Å². The number of ether oxygens (including phenoxy) is 2. The third-order valence-corrected chi connectivity index (χ3v) is 3.85. The monoisotopic (exact) mass is 467 g/mol. The summed E-state index contributed by atoms with van der Waals surface area (Å²) >= 11 is 0. The number of nitrogens with one attached hydrogen (secondary N) is 1. The third-order valence-electron chi connectivity index (χ3n) is 3.85. The van der Waals surface area contributed by atoms with Crippen LogP contribution in [0.5, 0.6) is 17.4 Å². The van der Waals surface area contributed by atoms with Gasteiger partial charge in [0, 0.05) is 24.6 Å². The van der Waals surface area contributed by atoms with Crippen LogP contribution in [0.25, 0.3) is 0 Å². The Balaban J connectivity index is 0.00000111. The Hall–Kier alpha value is -4.00. The van der Waals surface area contributed by atoms with Crippen molar-refractivity contribution in [3.05, 3.63) is 35.0 Å². The molecule has 10 N–H and O–H groups in total. The number of carboxylic acid groups (broad SMARTS) is 2. The highest BCUT2D eigenvalue weighted by atomic mass is 16.6. The highest BCUT2D eigenvalue weighted by Gasteiger charge is 2.14. The Bertz CT molecular complexity index is 865. The molecular weight excluding hydrogens is 434 g/mol. The fourth-order valence-corrected chi connectivity index (χ4v) is 2.53. The second-order valence-electron chi connectivity index (χ2n) is 6.86. The van der Waals surface area contributed by atoms with E-state index in [1.54, 1.807) is 14.0 Å². The fraction of sp³-hybridized carbons (Fsp3) is 0.400. The molecule has 1 heterocycles. The van der Waals surface area contributed by atoms with Crippen LogP contribution < -0.4 is 26.7 Å². The molecule has 2 aromatic rings. The van der Waals surface area contributed by atoms with Crippen molar-refractivity contribution < 1.29 is 29.6 Å². The maximum atomic E-state index is 10.0. The van der Waals surface area contributed by atoms with E-state index in [1.807, 2.05) is 32.3 Å². The van der Waals surface area contributed by atoms with E-state index in [0.29, 0.717) is 30.0 Å². The fourth-order valence-electron chi connectivity index (χ4n) is 2.53. The van der Waals surface area contributed by atoms with Crippen molar-refractivity contribution in [2.24, 2.45) is 11.5 Å². The molecular formula is C20H33N7O6. The highest BCUT2D eigenvalue weighted by molar-refractivity contribution is 5.71. The predicted molar refractivity (Wildman–Crippen MR) is 124 cm³/mol. The lowest BCUT2D eigenvalue weighted by atomic mass is 10.0. The highest BCUT2D eigenvalue weighted by Crippen LogP contribution is 2.30. The number of anilines is 1. The molecule has 13 heteroatoms. The van der Waals surface area contributed by atoms with Crippen molar-refractivity contribution in [3.63, 3.8) is 0 Å². The number of hydrogen-bond acceptors (Lipinski definition) is 9. The summed E-state index contributed by atoms with van der Waals surface area (Å²) in [5.74, 6) is 1.08. The summed E-state index contributed by atoms with van der Waals surface area (Å²) in [6, 6.07) is 5.68. The number of guanidine groups is 1. The number of hydrogen-bond donors (Lipinski definition) is 7. The topological polar surface area (TPSA) is 227 Å². The zero-order valence-electron chi connectivity index (χ0n) is 19.2. The number of aromatic hydroxyl groups is 1.